The normalized spacial score (nSPS) is 11.3. The van der Waals surface area contributed by atoms with E-state index < -0.39 is 0 Å². The van der Waals surface area contributed by atoms with Gasteiger partial charge in [-0.3, -0.25) is 0 Å². The number of hydrogen-bond acceptors (Lipinski definition) is 2. The van der Waals surface area contributed by atoms with E-state index in [1.54, 1.807) is 11.3 Å². The molecule has 2 aromatic carbocycles. The van der Waals surface area contributed by atoms with Crippen molar-refractivity contribution >= 4 is 49.9 Å². The van der Waals surface area contributed by atoms with Gasteiger partial charge in [0.2, 0.25) is 0 Å². The van der Waals surface area contributed by atoms with Crippen LogP contribution < -0.4 is 4.80 Å². The predicted molar refractivity (Wildman–Crippen MR) is 108 cm³/mol. The molecule has 1 aromatic heterocycles. The van der Waals surface area contributed by atoms with Crippen molar-refractivity contribution in [2.75, 3.05) is 0 Å². The second-order valence-corrected chi connectivity index (χ2v) is 6.85. The summed E-state index contributed by atoms with van der Waals surface area (Å²) in [6.45, 7) is 5.15. The van der Waals surface area contributed by atoms with Gasteiger partial charge in [-0.25, -0.2) is 4.99 Å². The molecular weight excluding hydrogens is 436 g/mol. The van der Waals surface area contributed by atoms with E-state index in [1.807, 2.05) is 0 Å². The van der Waals surface area contributed by atoms with E-state index in [0.717, 1.165) is 21.5 Å². The summed E-state index contributed by atoms with van der Waals surface area (Å²) in [6.07, 6.45) is 0. The van der Waals surface area contributed by atoms with Crippen LogP contribution in [0.5, 0.6) is 0 Å². The number of rotatable bonds is 3. The molecule has 1 heterocycles. The third-order valence-corrected chi connectivity index (χ3v) is 4.90. The lowest BCUT2D eigenvalue weighted by Gasteiger charge is -2.06. The Hall–Kier alpha value is -1.17. The Morgan fingerprint density at radius 2 is 1.70 bits per heavy atom. The molecule has 3 aromatic rings. The van der Waals surface area contributed by atoms with Crippen molar-refractivity contribution in [3.63, 3.8) is 0 Å². The average molecular weight is 454 g/mol. The smallest absolute Gasteiger partial charge is 0.190 e. The fourth-order valence-corrected chi connectivity index (χ4v) is 3.56. The zero-order valence-corrected chi connectivity index (χ0v) is 17.1. The van der Waals surface area contributed by atoms with Gasteiger partial charge < -0.3 is 4.57 Å². The molecule has 0 saturated carbocycles. The summed E-state index contributed by atoms with van der Waals surface area (Å²) in [7, 11) is 0. The van der Waals surface area contributed by atoms with Gasteiger partial charge in [-0.1, -0.05) is 45.8 Å². The van der Waals surface area contributed by atoms with Crippen LogP contribution in [0.15, 0.2) is 63.4 Å². The summed E-state index contributed by atoms with van der Waals surface area (Å²) < 4.78 is 3.35. The Kier molecular flexibility index (Phi) is 6.39. The lowest BCUT2D eigenvalue weighted by Crippen LogP contribution is -2.14. The van der Waals surface area contributed by atoms with Gasteiger partial charge in [0.1, 0.15) is 0 Å². The molecule has 0 radical (unpaired) electrons. The maximum Gasteiger partial charge on any atom is 0.190 e. The summed E-state index contributed by atoms with van der Waals surface area (Å²) in [5.41, 5.74) is 4.68. The number of aryl methyl sites for hydroxylation is 1. The molecule has 2 nitrogen and oxygen atoms in total. The van der Waals surface area contributed by atoms with E-state index in [4.69, 9.17) is 4.99 Å². The molecule has 5 heteroatoms. The van der Waals surface area contributed by atoms with E-state index >= 15 is 0 Å². The molecule has 0 fully saturated rings. The molecule has 0 atom stereocenters. The molecule has 0 spiro atoms. The van der Waals surface area contributed by atoms with Crippen molar-refractivity contribution in [1.82, 2.24) is 4.57 Å². The number of benzene rings is 2. The SMILES string of the molecule is Br.CCn1c(-c2ccc(Br)cc2)csc1=Nc1ccc(C)cc1. The van der Waals surface area contributed by atoms with E-state index in [1.165, 1.54) is 16.8 Å². The topological polar surface area (TPSA) is 17.3 Å². The third kappa shape index (κ3) is 4.22. The van der Waals surface area contributed by atoms with E-state index in [2.05, 4.69) is 88.3 Å². The lowest BCUT2D eigenvalue weighted by atomic mass is 10.2. The lowest BCUT2D eigenvalue weighted by molar-refractivity contribution is 0.745. The molecule has 0 unspecified atom stereocenters. The van der Waals surface area contributed by atoms with Gasteiger partial charge in [-0.15, -0.1) is 28.3 Å². The molecule has 0 saturated heterocycles. The van der Waals surface area contributed by atoms with Gasteiger partial charge in [-0.2, -0.15) is 0 Å². The fraction of sp³-hybridized carbons (Fsp3) is 0.167. The summed E-state index contributed by atoms with van der Waals surface area (Å²) in [6, 6.07) is 16.7. The van der Waals surface area contributed by atoms with Crippen LogP contribution in [0.25, 0.3) is 11.3 Å². The predicted octanol–water partition coefficient (Wildman–Crippen LogP) is 6.12. The van der Waals surface area contributed by atoms with Crippen LogP contribution in [0.2, 0.25) is 0 Å². The molecule has 0 aliphatic heterocycles. The van der Waals surface area contributed by atoms with Crippen LogP contribution in [0.4, 0.5) is 5.69 Å². The van der Waals surface area contributed by atoms with Crippen molar-refractivity contribution in [2.24, 2.45) is 4.99 Å². The van der Waals surface area contributed by atoms with E-state index in [9.17, 15) is 0 Å². The van der Waals surface area contributed by atoms with Gasteiger partial charge in [0.25, 0.3) is 0 Å². The maximum absolute atomic E-state index is 4.79. The Bertz CT molecular complexity index is 831. The van der Waals surface area contributed by atoms with Crippen LogP contribution in [-0.4, -0.2) is 4.57 Å². The van der Waals surface area contributed by atoms with Crippen molar-refractivity contribution in [1.29, 1.82) is 0 Å². The van der Waals surface area contributed by atoms with Gasteiger partial charge in [0, 0.05) is 16.4 Å². The van der Waals surface area contributed by atoms with Gasteiger partial charge >= 0.3 is 0 Å². The summed E-state index contributed by atoms with van der Waals surface area (Å²) >= 11 is 5.17. The second-order valence-electron chi connectivity index (χ2n) is 5.10. The average Bonchev–Trinajstić information content (AvgIpc) is 2.93. The molecule has 3 rings (SSSR count). The van der Waals surface area contributed by atoms with Crippen molar-refractivity contribution < 1.29 is 0 Å². The summed E-state index contributed by atoms with van der Waals surface area (Å²) in [5.74, 6) is 0. The fourth-order valence-electron chi connectivity index (χ4n) is 2.31. The number of aromatic nitrogens is 1. The van der Waals surface area contributed by atoms with Crippen molar-refractivity contribution in [2.45, 2.75) is 20.4 Å². The molecule has 0 N–H and O–H groups in total. The number of thiazole rings is 1. The molecule has 120 valence electrons. The number of halogens is 2. The standard InChI is InChI=1S/C18H17BrN2S.BrH/c1-3-21-17(14-6-8-15(19)9-7-14)12-22-18(21)20-16-10-4-13(2)5-11-16;/h4-12H,3H2,1-2H3;1H. The Balaban J connectivity index is 0.00000192. The summed E-state index contributed by atoms with van der Waals surface area (Å²) in [5, 5.41) is 2.18. The van der Waals surface area contributed by atoms with Gasteiger partial charge in [0.15, 0.2) is 4.80 Å². The van der Waals surface area contributed by atoms with E-state index in [-0.39, 0.29) is 17.0 Å². The van der Waals surface area contributed by atoms with Crippen molar-refractivity contribution in [3.8, 4) is 11.3 Å². The molecular formula is C18H18Br2N2S. The first-order chi connectivity index (χ1) is 10.7. The Morgan fingerprint density at radius 3 is 2.30 bits per heavy atom. The minimum Gasteiger partial charge on any atom is -0.317 e. The first-order valence-corrected chi connectivity index (χ1v) is 8.90. The monoisotopic (exact) mass is 452 g/mol. The first-order valence-electron chi connectivity index (χ1n) is 7.23. The van der Waals surface area contributed by atoms with Crippen LogP contribution in [-0.2, 0) is 6.54 Å². The van der Waals surface area contributed by atoms with Crippen LogP contribution >= 0.6 is 44.2 Å². The minimum atomic E-state index is 0. The Labute approximate surface area is 159 Å². The quantitative estimate of drug-likeness (QED) is 0.454. The van der Waals surface area contributed by atoms with Gasteiger partial charge in [0.05, 0.1) is 11.4 Å². The molecule has 0 amide bonds. The van der Waals surface area contributed by atoms with Crippen LogP contribution in [0.1, 0.15) is 12.5 Å². The highest BCUT2D eigenvalue weighted by atomic mass is 79.9. The van der Waals surface area contributed by atoms with Crippen LogP contribution in [0, 0.1) is 6.92 Å². The summed E-state index contributed by atoms with van der Waals surface area (Å²) in [4.78, 5) is 5.82. The van der Waals surface area contributed by atoms with E-state index in [0.29, 0.717) is 0 Å². The highest BCUT2D eigenvalue weighted by Gasteiger charge is 2.06. The maximum atomic E-state index is 4.79. The minimum absolute atomic E-state index is 0. The second kappa shape index (κ2) is 8.08. The molecule has 23 heavy (non-hydrogen) atoms. The highest BCUT2D eigenvalue weighted by Crippen LogP contribution is 2.23. The van der Waals surface area contributed by atoms with Crippen molar-refractivity contribution in [3.05, 3.63) is 68.7 Å². The highest BCUT2D eigenvalue weighted by molar-refractivity contribution is 9.10. The number of nitrogens with zero attached hydrogens (tertiary/aromatic N) is 2. The third-order valence-electron chi connectivity index (χ3n) is 3.51. The molecule has 0 bridgehead atoms. The molecule has 0 aliphatic carbocycles. The van der Waals surface area contributed by atoms with Crippen LogP contribution in [0.3, 0.4) is 0 Å². The largest absolute Gasteiger partial charge is 0.317 e. The number of hydrogen-bond donors (Lipinski definition) is 0. The zero-order chi connectivity index (χ0) is 15.5. The first kappa shape index (κ1) is 18.2. The Morgan fingerprint density at radius 1 is 1.04 bits per heavy atom. The van der Waals surface area contributed by atoms with Gasteiger partial charge in [-0.05, 0) is 43.7 Å². The zero-order valence-electron chi connectivity index (χ0n) is 13.0. The molecule has 0 aliphatic rings.